The summed E-state index contributed by atoms with van der Waals surface area (Å²) in [6.45, 7) is 9.10. The van der Waals surface area contributed by atoms with Crippen LogP contribution in [0.15, 0.2) is 114 Å². The summed E-state index contributed by atoms with van der Waals surface area (Å²) in [7, 11) is -4.71. The van der Waals surface area contributed by atoms with Crippen molar-refractivity contribution >= 4 is 90.7 Å². The highest BCUT2D eigenvalue weighted by atomic mass is 35.5. The first-order valence-electron chi connectivity index (χ1n) is 27.9. The number of nitrogens with zero attached hydrogens (tertiary/aromatic N) is 6. The topological polar surface area (TPSA) is 293 Å². The van der Waals surface area contributed by atoms with Gasteiger partial charge >= 0.3 is 0 Å². The van der Waals surface area contributed by atoms with Crippen LogP contribution in [0.25, 0.3) is 16.6 Å². The smallest absolute Gasteiger partial charge is 0.293 e. The number of imide groups is 2. The average Bonchev–Trinajstić information content (AvgIpc) is 3.87. The van der Waals surface area contributed by atoms with Gasteiger partial charge in [0, 0.05) is 93.2 Å². The molecular formula is C60H62ClN11O11S. The summed E-state index contributed by atoms with van der Waals surface area (Å²) in [4.78, 5) is 105. The summed E-state index contributed by atoms with van der Waals surface area (Å²) < 4.78 is 36.4. The Hall–Kier alpha value is -8.51. The zero-order valence-corrected chi connectivity index (χ0v) is 47.8. The second-order valence-corrected chi connectivity index (χ2v) is 24.9. The average molecular weight is 1180 g/mol. The van der Waals surface area contributed by atoms with Crippen LogP contribution in [0, 0.1) is 21.4 Å². The van der Waals surface area contributed by atoms with E-state index in [1.165, 1.54) is 58.1 Å². The first-order chi connectivity index (χ1) is 40.2. The minimum Gasteiger partial charge on any atom is -0.455 e. The van der Waals surface area contributed by atoms with E-state index in [1.54, 1.807) is 24.4 Å². The molecule has 4 aliphatic heterocycles. The van der Waals surface area contributed by atoms with Crippen LogP contribution in [-0.2, 0) is 24.4 Å². The van der Waals surface area contributed by atoms with Gasteiger partial charge in [0.1, 0.15) is 34.9 Å². The number of carbonyl (C=O) groups excluding carboxylic acids is 6. The normalized spacial score (nSPS) is 19.1. The molecular weight excluding hydrogens is 1120 g/mol. The lowest BCUT2D eigenvalue weighted by Crippen LogP contribution is -2.54. The maximum Gasteiger partial charge on any atom is 0.293 e. The summed E-state index contributed by atoms with van der Waals surface area (Å²) in [5.74, 6) is -4.02. The Balaban J connectivity index is 0.733. The Morgan fingerprint density at radius 1 is 0.917 bits per heavy atom. The molecule has 6 heterocycles. The number of amides is 6. The number of piperazine rings is 1. The third-order valence-corrected chi connectivity index (χ3v) is 18.2. The lowest BCUT2D eigenvalue weighted by Gasteiger charge is -2.39. The molecule has 24 heteroatoms. The predicted molar refractivity (Wildman–Crippen MR) is 313 cm³/mol. The van der Waals surface area contributed by atoms with Crippen LogP contribution >= 0.6 is 11.6 Å². The van der Waals surface area contributed by atoms with Crippen LogP contribution in [-0.4, -0.2) is 132 Å². The van der Waals surface area contributed by atoms with Gasteiger partial charge in [-0.25, -0.2) is 18.1 Å². The number of piperidine rings is 2. The van der Waals surface area contributed by atoms with Crippen LogP contribution in [0.2, 0.25) is 5.02 Å². The number of sulfonamides is 1. The molecule has 6 amide bonds. The van der Waals surface area contributed by atoms with Gasteiger partial charge in [-0.05, 0) is 121 Å². The summed E-state index contributed by atoms with van der Waals surface area (Å²) >= 11 is 6.26. The van der Waals surface area contributed by atoms with Crippen molar-refractivity contribution in [3.05, 3.63) is 152 Å². The fraction of sp³-hybridized carbons (Fsp3) is 0.350. The number of H-pyrrole nitrogens is 1. The number of nitrogens with one attached hydrogen (secondary N) is 4. The number of hydrogen-bond acceptors (Lipinski definition) is 16. The highest BCUT2D eigenvalue weighted by Crippen LogP contribution is 2.44. The van der Waals surface area contributed by atoms with E-state index < -0.39 is 73.1 Å². The number of nitro groups is 1. The summed E-state index contributed by atoms with van der Waals surface area (Å²) in [6, 6.07) is 21.8. The van der Waals surface area contributed by atoms with Crippen molar-refractivity contribution in [2.75, 3.05) is 62.6 Å². The number of aromatic amines is 1. The molecule has 0 bridgehead atoms. The van der Waals surface area contributed by atoms with Gasteiger partial charge in [0.25, 0.3) is 33.4 Å². The van der Waals surface area contributed by atoms with Gasteiger partial charge < -0.3 is 30.6 Å². The van der Waals surface area contributed by atoms with Crippen molar-refractivity contribution in [3.8, 4) is 11.5 Å². The number of hydrogen-bond donors (Lipinski definition) is 5. The van der Waals surface area contributed by atoms with Crippen LogP contribution < -0.4 is 30.7 Å². The molecule has 436 valence electrons. The molecule has 11 rings (SSSR count). The lowest BCUT2D eigenvalue weighted by molar-refractivity contribution is -0.384. The van der Waals surface area contributed by atoms with Crippen molar-refractivity contribution in [3.63, 3.8) is 0 Å². The number of carbonyl (C=O) groups is 6. The van der Waals surface area contributed by atoms with Crippen LogP contribution in [0.4, 0.5) is 17.1 Å². The van der Waals surface area contributed by atoms with E-state index in [0.717, 1.165) is 67.0 Å². The Bertz CT molecular complexity index is 3810. The van der Waals surface area contributed by atoms with E-state index in [9.17, 15) is 47.3 Å². The van der Waals surface area contributed by atoms with Crippen molar-refractivity contribution in [1.29, 1.82) is 0 Å². The maximum atomic E-state index is 14.2. The number of aromatic nitrogens is 2. The fourth-order valence-electron chi connectivity index (χ4n) is 11.9. The van der Waals surface area contributed by atoms with Crippen molar-refractivity contribution in [1.82, 2.24) is 34.7 Å². The molecule has 3 fully saturated rings. The number of nitro benzene ring substituents is 1. The monoisotopic (exact) mass is 1180 g/mol. The van der Waals surface area contributed by atoms with Crippen LogP contribution in [0.3, 0.4) is 0 Å². The molecule has 5 aliphatic rings. The van der Waals surface area contributed by atoms with Crippen LogP contribution in [0.1, 0.15) is 107 Å². The van der Waals surface area contributed by atoms with Gasteiger partial charge in [-0.1, -0.05) is 55.3 Å². The van der Waals surface area contributed by atoms with Gasteiger partial charge in [-0.15, -0.1) is 0 Å². The zero-order chi connectivity index (χ0) is 59.2. The van der Waals surface area contributed by atoms with Crippen molar-refractivity contribution in [2.45, 2.75) is 75.8 Å². The Morgan fingerprint density at radius 2 is 1.68 bits per heavy atom. The Morgan fingerprint density at radius 3 is 2.42 bits per heavy atom. The summed E-state index contributed by atoms with van der Waals surface area (Å²) in [6.07, 6.45) is 7.15. The first-order valence-corrected chi connectivity index (χ1v) is 29.7. The van der Waals surface area contributed by atoms with E-state index in [2.05, 4.69) is 61.1 Å². The van der Waals surface area contributed by atoms with Gasteiger partial charge in [-0.2, -0.15) is 0 Å². The third kappa shape index (κ3) is 11.9. The quantitative estimate of drug-likeness (QED) is 0.0355. The molecule has 6 N–H and O–H groups in total. The standard InChI is InChI=1S/C60H62ClN11O11S/c1-60(2)20-16-38(46(31-60)36-6-8-39(61)9-7-36)34-68-24-26-69(27-25-68)40-10-12-43(50(29-40)83-41-28-37-17-21-63-54(37)65-33-41)55(74)67-84(81,82)42-11-13-47(49(30-42)72(79)80)64-32-35-18-22-70(23-19-35)59(78)53(62)44-4-3-5-45-52(44)58(77)71(57(45)76)48-14-15-51(73)66-56(48)75/h3-13,17,21,28-30,33,35,48,53,64H,14-16,18-20,22-27,31-32,34,62H2,1-2H3,(H,63,65)(H,67,74)(H,66,73,75). The number of allylic oxidation sites excluding steroid dienone is 1. The molecule has 0 saturated carbocycles. The van der Waals surface area contributed by atoms with Crippen molar-refractivity contribution in [2.24, 2.45) is 17.1 Å². The van der Waals surface area contributed by atoms with Gasteiger partial charge in [0.05, 0.1) is 32.7 Å². The van der Waals surface area contributed by atoms with Gasteiger partial charge in [-0.3, -0.25) is 54.0 Å². The predicted octanol–water partition coefficient (Wildman–Crippen LogP) is 7.57. The second-order valence-electron chi connectivity index (χ2n) is 22.8. The number of rotatable bonds is 16. The highest BCUT2D eigenvalue weighted by molar-refractivity contribution is 7.90. The molecule has 84 heavy (non-hydrogen) atoms. The minimum absolute atomic E-state index is 0.000347. The van der Waals surface area contributed by atoms with Gasteiger partial charge in [0.2, 0.25) is 17.7 Å². The number of nitrogens with two attached hydrogens (primary N) is 1. The second kappa shape index (κ2) is 23.3. The van der Waals surface area contributed by atoms with E-state index in [1.807, 2.05) is 18.2 Å². The lowest BCUT2D eigenvalue weighted by atomic mass is 9.72. The third-order valence-electron chi connectivity index (χ3n) is 16.7. The molecule has 22 nitrogen and oxygen atoms in total. The van der Waals surface area contributed by atoms with Gasteiger partial charge in [0.15, 0.2) is 0 Å². The molecule has 6 aromatic rings. The number of pyridine rings is 1. The SMILES string of the molecule is CC1(C)CCC(CN2CCN(c3ccc(C(=O)NS(=O)(=O)c4ccc(NCC5CCN(C(=O)C(N)c6cccc7c6C(=O)N(C6CCC(=O)NC6=O)C7=O)CC5)c([N+](=O)[O-])c4)c(Oc4cnc5[nH]ccc5c4)c3)CC2)=C(c2ccc(Cl)cc2)C1. The Kier molecular flexibility index (Phi) is 15.9. The van der Waals surface area contributed by atoms with E-state index in [-0.39, 0.29) is 77.5 Å². The largest absolute Gasteiger partial charge is 0.455 e. The fourth-order valence-corrected chi connectivity index (χ4v) is 13.0. The summed E-state index contributed by atoms with van der Waals surface area (Å²) in [5.41, 5.74) is 11.5. The molecule has 1 aliphatic carbocycles. The molecule has 0 spiro atoms. The van der Waals surface area contributed by atoms with Crippen LogP contribution in [0.5, 0.6) is 11.5 Å². The molecule has 2 atom stereocenters. The van der Waals surface area contributed by atoms with E-state index in [4.69, 9.17) is 22.1 Å². The number of likely N-dealkylation sites (tertiary alicyclic amines) is 1. The molecule has 2 aromatic heterocycles. The summed E-state index contributed by atoms with van der Waals surface area (Å²) in [5, 5.41) is 19.2. The van der Waals surface area contributed by atoms with E-state index >= 15 is 0 Å². The number of halogens is 1. The maximum absolute atomic E-state index is 14.2. The number of benzene rings is 4. The number of anilines is 2. The molecule has 3 saturated heterocycles. The minimum atomic E-state index is -4.71. The number of ether oxygens (including phenoxy) is 1. The molecule has 4 aromatic carbocycles. The molecule has 2 unspecified atom stereocenters. The molecule has 0 radical (unpaired) electrons. The van der Waals surface area contributed by atoms with Crippen molar-refractivity contribution < 1.29 is 46.8 Å². The van der Waals surface area contributed by atoms with E-state index in [0.29, 0.717) is 42.4 Å². The number of fused-ring (bicyclic) bond motifs is 2. The zero-order valence-electron chi connectivity index (χ0n) is 46.2. The highest BCUT2D eigenvalue weighted by Gasteiger charge is 2.47. The Labute approximate surface area is 488 Å². The first kappa shape index (κ1) is 57.3.